The molecular weight excluding hydrogens is 210 g/mol. The van der Waals surface area contributed by atoms with Crippen molar-refractivity contribution in [2.75, 3.05) is 27.3 Å². The Morgan fingerprint density at radius 3 is 2.40 bits per heavy atom. The molecule has 0 aromatic rings. The molecule has 0 rings (SSSR count). The molecule has 0 aliphatic rings. The summed E-state index contributed by atoms with van der Waals surface area (Å²) in [4.78, 5) is 0. The molecule has 0 saturated heterocycles. The van der Waals surface area contributed by atoms with E-state index < -0.39 is 15.7 Å². The Balaban J connectivity index is 3.59. The van der Waals surface area contributed by atoms with Crippen molar-refractivity contribution >= 4 is 9.76 Å². The summed E-state index contributed by atoms with van der Waals surface area (Å²) in [6.07, 6.45) is 0. The first-order valence-electron chi connectivity index (χ1n) is 5.53. The van der Waals surface area contributed by atoms with Crippen LogP contribution in [0, 0.1) is 5.92 Å². The first kappa shape index (κ1) is 15.1. The van der Waals surface area contributed by atoms with E-state index in [1.165, 1.54) is 0 Å². The normalized spacial score (nSPS) is 15.0. The zero-order valence-electron chi connectivity index (χ0n) is 10.6. The third-order valence-electron chi connectivity index (χ3n) is 2.46. The summed E-state index contributed by atoms with van der Waals surface area (Å²) in [6, 6.07) is 1.13. The minimum absolute atomic E-state index is 0.580. The Bertz CT molecular complexity index is 154. The number of methoxy groups -OCH3 is 2. The Labute approximate surface area is 95.6 Å². The minimum atomic E-state index is -0.843. The van der Waals surface area contributed by atoms with Crippen LogP contribution in [-0.4, -0.2) is 43.0 Å². The molecule has 0 fully saturated rings. The van der Waals surface area contributed by atoms with Gasteiger partial charge in [0.05, 0.1) is 0 Å². The molecule has 0 aliphatic carbocycles. The van der Waals surface area contributed by atoms with E-state index in [1.54, 1.807) is 21.1 Å². The highest BCUT2D eigenvalue weighted by atomic mass is 28.2. The highest BCUT2D eigenvalue weighted by molar-refractivity contribution is 6.27. The second-order valence-corrected chi connectivity index (χ2v) is 5.09. The van der Waals surface area contributed by atoms with Gasteiger partial charge in [-0.1, -0.05) is 13.8 Å². The van der Waals surface area contributed by atoms with Gasteiger partial charge in [-0.25, -0.2) is 0 Å². The average molecular weight is 235 g/mol. The quantitative estimate of drug-likeness (QED) is 0.472. The molecule has 0 aromatic heterocycles. The maximum absolute atomic E-state index is 5.65. The monoisotopic (exact) mass is 235 g/mol. The predicted octanol–water partition coefficient (Wildman–Crippen LogP) is 0.717. The molecule has 0 amide bonds. The summed E-state index contributed by atoms with van der Waals surface area (Å²) in [7, 11) is 2.61. The van der Waals surface area contributed by atoms with E-state index in [9.17, 15) is 0 Å². The molecular formula is C10H25NO3Si. The Kier molecular flexibility index (Phi) is 8.27. The molecule has 15 heavy (non-hydrogen) atoms. The topological polar surface area (TPSA) is 39.7 Å². The third kappa shape index (κ3) is 7.02. The molecule has 0 saturated carbocycles. The van der Waals surface area contributed by atoms with Crippen molar-refractivity contribution in [2.45, 2.75) is 32.8 Å². The first-order valence-corrected chi connectivity index (χ1v) is 7.10. The van der Waals surface area contributed by atoms with Gasteiger partial charge in [-0.05, 0) is 25.1 Å². The van der Waals surface area contributed by atoms with Crippen molar-refractivity contribution in [2.24, 2.45) is 5.92 Å². The van der Waals surface area contributed by atoms with E-state index in [-0.39, 0.29) is 0 Å². The maximum Gasteiger partial charge on any atom is 0.269 e. The summed E-state index contributed by atoms with van der Waals surface area (Å²) in [5.41, 5.74) is 0. The summed E-state index contributed by atoms with van der Waals surface area (Å²) in [5, 5.41) is 3.33. The van der Waals surface area contributed by atoms with Gasteiger partial charge < -0.3 is 19.2 Å². The first-order chi connectivity index (χ1) is 7.08. The van der Waals surface area contributed by atoms with E-state index in [0.717, 1.165) is 19.1 Å². The third-order valence-corrected chi connectivity index (χ3v) is 4.41. The number of hydrogen-bond donors (Lipinski definition) is 1. The largest absolute Gasteiger partial charge is 0.376 e. The van der Waals surface area contributed by atoms with Crippen LogP contribution in [0.3, 0.4) is 0 Å². The number of hydrogen-bond acceptors (Lipinski definition) is 4. The van der Waals surface area contributed by atoms with Crippen LogP contribution in [0.2, 0.25) is 6.04 Å². The number of ether oxygens (including phenoxy) is 2. The smallest absolute Gasteiger partial charge is 0.269 e. The van der Waals surface area contributed by atoms with Gasteiger partial charge >= 0.3 is 0 Å². The minimum Gasteiger partial charge on any atom is -0.376 e. The van der Waals surface area contributed by atoms with Gasteiger partial charge in [-0.2, -0.15) is 0 Å². The molecule has 0 aliphatic heterocycles. The molecule has 0 bridgehead atoms. The molecule has 1 atom stereocenters. The molecule has 0 heterocycles. The maximum atomic E-state index is 5.65. The average Bonchev–Trinajstić information content (AvgIpc) is 2.26. The summed E-state index contributed by atoms with van der Waals surface area (Å²) < 4.78 is 15.9. The summed E-state index contributed by atoms with van der Waals surface area (Å²) >= 11 is 0. The van der Waals surface area contributed by atoms with E-state index in [1.807, 2.05) is 0 Å². The SMILES string of the molecule is CCNCC(C)C[SiH2]OC(C)(OC)OC. The molecule has 1 unspecified atom stereocenters. The molecule has 5 heteroatoms. The summed E-state index contributed by atoms with van der Waals surface area (Å²) in [5.74, 6) is -0.181. The van der Waals surface area contributed by atoms with Gasteiger partial charge in [0.2, 0.25) is 0 Å². The lowest BCUT2D eigenvalue weighted by Crippen LogP contribution is -2.35. The number of nitrogens with one attached hydrogen (secondary N) is 1. The van der Waals surface area contributed by atoms with Crippen molar-refractivity contribution in [3.63, 3.8) is 0 Å². The van der Waals surface area contributed by atoms with Crippen LogP contribution < -0.4 is 5.32 Å². The Morgan fingerprint density at radius 1 is 1.33 bits per heavy atom. The van der Waals surface area contributed by atoms with Gasteiger partial charge in [-0.3, -0.25) is 0 Å². The van der Waals surface area contributed by atoms with Crippen LogP contribution in [0.1, 0.15) is 20.8 Å². The fraction of sp³-hybridized carbons (Fsp3) is 1.00. The van der Waals surface area contributed by atoms with Crippen LogP contribution in [0.5, 0.6) is 0 Å². The lowest BCUT2D eigenvalue weighted by molar-refractivity contribution is -0.310. The van der Waals surface area contributed by atoms with Gasteiger partial charge in [0.1, 0.15) is 0 Å². The highest BCUT2D eigenvalue weighted by Crippen LogP contribution is 2.12. The van der Waals surface area contributed by atoms with Crippen molar-refractivity contribution in [1.29, 1.82) is 0 Å². The van der Waals surface area contributed by atoms with Crippen LogP contribution in [0.25, 0.3) is 0 Å². The van der Waals surface area contributed by atoms with Gasteiger partial charge in [-0.15, -0.1) is 0 Å². The molecule has 0 spiro atoms. The van der Waals surface area contributed by atoms with Crippen LogP contribution in [0.15, 0.2) is 0 Å². The fourth-order valence-electron chi connectivity index (χ4n) is 1.14. The second-order valence-electron chi connectivity index (χ2n) is 3.82. The molecule has 92 valence electrons. The van der Waals surface area contributed by atoms with E-state index >= 15 is 0 Å². The molecule has 0 radical (unpaired) electrons. The fourth-order valence-corrected chi connectivity index (χ4v) is 2.47. The van der Waals surface area contributed by atoms with E-state index in [4.69, 9.17) is 13.9 Å². The lowest BCUT2D eigenvalue weighted by Gasteiger charge is -2.27. The predicted molar refractivity (Wildman–Crippen MR) is 64.6 cm³/mol. The number of rotatable bonds is 9. The standard InChI is InChI=1S/C10H25NO3Si/c1-6-11-7-9(2)8-15-14-10(3,12-4)13-5/h9,11H,6-8,15H2,1-5H3. The second kappa shape index (κ2) is 8.24. The van der Waals surface area contributed by atoms with E-state index in [2.05, 4.69) is 19.2 Å². The molecule has 1 N–H and O–H groups in total. The summed E-state index contributed by atoms with van der Waals surface area (Å²) in [6.45, 7) is 8.24. The van der Waals surface area contributed by atoms with Crippen molar-refractivity contribution in [3.8, 4) is 0 Å². The molecule has 0 aromatic carbocycles. The Hall–Kier alpha value is 0.0569. The van der Waals surface area contributed by atoms with Gasteiger partial charge in [0.25, 0.3) is 5.97 Å². The van der Waals surface area contributed by atoms with Gasteiger partial charge in [0.15, 0.2) is 9.76 Å². The van der Waals surface area contributed by atoms with Crippen molar-refractivity contribution in [3.05, 3.63) is 0 Å². The van der Waals surface area contributed by atoms with Crippen molar-refractivity contribution in [1.82, 2.24) is 5.32 Å². The van der Waals surface area contributed by atoms with Crippen LogP contribution in [0.4, 0.5) is 0 Å². The van der Waals surface area contributed by atoms with Gasteiger partial charge in [0, 0.05) is 21.1 Å². The zero-order chi connectivity index (χ0) is 11.7. The Morgan fingerprint density at radius 2 is 1.93 bits per heavy atom. The van der Waals surface area contributed by atoms with Crippen LogP contribution in [-0.2, 0) is 13.9 Å². The van der Waals surface area contributed by atoms with E-state index in [0.29, 0.717) is 5.92 Å². The zero-order valence-corrected chi connectivity index (χ0v) is 12.0. The molecule has 4 nitrogen and oxygen atoms in total. The van der Waals surface area contributed by atoms with Crippen LogP contribution >= 0.6 is 0 Å². The lowest BCUT2D eigenvalue weighted by atomic mass is 10.2. The highest BCUT2D eigenvalue weighted by Gasteiger charge is 2.22. The van der Waals surface area contributed by atoms with Crippen molar-refractivity contribution < 1.29 is 13.9 Å².